The molecule has 0 aliphatic carbocycles. The Morgan fingerprint density at radius 1 is 0.800 bits per heavy atom. The molecule has 0 saturated heterocycles. The van der Waals surface area contributed by atoms with Gasteiger partial charge in [0, 0.05) is 23.3 Å². The fourth-order valence-electron chi connectivity index (χ4n) is 2.95. The van der Waals surface area contributed by atoms with Gasteiger partial charge in [0.25, 0.3) is 5.69 Å². The van der Waals surface area contributed by atoms with E-state index < -0.39 is 4.92 Å². The van der Waals surface area contributed by atoms with Gasteiger partial charge >= 0.3 is 0 Å². The van der Waals surface area contributed by atoms with Crippen LogP contribution in [-0.2, 0) is 0 Å². The molecular formula is C23H18N4O3. The van der Waals surface area contributed by atoms with E-state index in [2.05, 4.69) is 9.97 Å². The zero-order chi connectivity index (χ0) is 21.1. The number of nitrogens with zero attached hydrogens (tertiary/aromatic N) is 3. The molecule has 1 aromatic heterocycles. The van der Waals surface area contributed by atoms with Crippen LogP contribution < -0.4 is 10.5 Å². The molecule has 7 heteroatoms. The van der Waals surface area contributed by atoms with Gasteiger partial charge in [0.05, 0.1) is 16.3 Å². The van der Waals surface area contributed by atoms with Crippen molar-refractivity contribution in [1.29, 1.82) is 0 Å². The van der Waals surface area contributed by atoms with Gasteiger partial charge in [-0.25, -0.2) is 9.97 Å². The monoisotopic (exact) mass is 398 g/mol. The highest BCUT2D eigenvalue weighted by atomic mass is 16.6. The summed E-state index contributed by atoms with van der Waals surface area (Å²) in [6.45, 7) is 2.03. The van der Waals surface area contributed by atoms with E-state index in [9.17, 15) is 10.1 Å². The SMILES string of the molecule is Cc1ccc(-c2cc(-c3ccc(Oc4ccc([N+](=O)[O-])cc4)cc3)nc(N)n2)cc1. The van der Waals surface area contributed by atoms with E-state index in [-0.39, 0.29) is 11.6 Å². The van der Waals surface area contributed by atoms with Crippen LogP contribution in [0.2, 0.25) is 0 Å². The number of ether oxygens (including phenoxy) is 1. The smallest absolute Gasteiger partial charge is 0.269 e. The van der Waals surface area contributed by atoms with Crippen LogP contribution in [0, 0.1) is 17.0 Å². The molecule has 0 amide bonds. The molecule has 148 valence electrons. The van der Waals surface area contributed by atoms with E-state index in [1.165, 1.54) is 17.7 Å². The molecule has 0 spiro atoms. The number of hydrogen-bond acceptors (Lipinski definition) is 6. The van der Waals surface area contributed by atoms with Gasteiger partial charge in [0.15, 0.2) is 0 Å². The highest BCUT2D eigenvalue weighted by molar-refractivity contribution is 5.69. The van der Waals surface area contributed by atoms with Crippen LogP contribution in [0.1, 0.15) is 5.56 Å². The van der Waals surface area contributed by atoms with Gasteiger partial charge in [-0.05, 0) is 49.4 Å². The molecule has 0 aliphatic rings. The molecule has 1 heterocycles. The number of nitro benzene ring substituents is 1. The van der Waals surface area contributed by atoms with Gasteiger partial charge < -0.3 is 10.5 Å². The molecule has 0 bridgehead atoms. The summed E-state index contributed by atoms with van der Waals surface area (Å²) in [7, 11) is 0. The summed E-state index contributed by atoms with van der Waals surface area (Å²) in [4.78, 5) is 19.0. The van der Waals surface area contributed by atoms with Crippen molar-refractivity contribution in [1.82, 2.24) is 9.97 Å². The highest BCUT2D eigenvalue weighted by Crippen LogP contribution is 2.28. The van der Waals surface area contributed by atoms with Crippen molar-refractivity contribution in [3.05, 3.63) is 94.5 Å². The summed E-state index contributed by atoms with van der Waals surface area (Å²) in [6.07, 6.45) is 0. The van der Waals surface area contributed by atoms with Crippen LogP contribution in [-0.4, -0.2) is 14.9 Å². The quantitative estimate of drug-likeness (QED) is 0.356. The molecule has 3 aromatic carbocycles. The first-order valence-corrected chi connectivity index (χ1v) is 9.22. The Morgan fingerprint density at radius 2 is 1.27 bits per heavy atom. The highest BCUT2D eigenvalue weighted by Gasteiger charge is 2.09. The summed E-state index contributed by atoms with van der Waals surface area (Å²) in [5, 5.41) is 10.7. The van der Waals surface area contributed by atoms with Crippen molar-refractivity contribution in [2.24, 2.45) is 0 Å². The first kappa shape index (κ1) is 19.1. The lowest BCUT2D eigenvalue weighted by Crippen LogP contribution is -1.98. The van der Waals surface area contributed by atoms with E-state index in [1.54, 1.807) is 24.3 Å². The fourth-order valence-corrected chi connectivity index (χ4v) is 2.95. The number of aromatic nitrogens is 2. The molecule has 30 heavy (non-hydrogen) atoms. The number of benzene rings is 3. The maximum atomic E-state index is 10.7. The second kappa shape index (κ2) is 8.00. The number of anilines is 1. The molecule has 0 fully saturated rings. The number of non-ortho nitro benzene ring substituents is 1. The van der Waals surface area contributed by atoms with E-state index in [0.29, 0.717) is 17.2 Å². The number of rotatable bonds is 5. The molecule has 2 N–H and O–H groups in total. The van der Waals surface area contributed by atoms with Crippen molar-refractivity contribution < 1.29 is 9.66 Å². The lowest BCUT2D eigenvalue weighted by Gasteiger charge is -2.09. The second-order valence-electron chi connectivity index (χ2n) is 6.74. The van der Waals surface area contributed by atoms with Crippen molar-refractivity contribution >= 4 is 11.6 Å². The van der Waals surface area contributed by atoms with Gasteiger partial charge in [0.1, 0.15) is 11.5 Å². The van der Waals surface area contributed by atoms with Crippen LogP contribution in [0.4, 0.5) is 11.6 Å². The number of nitrogen functional groups attached to an aromatic ring is 1. The summed E-state index contributed by atoms with van der Waals surface area (Å²) in [5.41, 5.74) is 10.4. The first-order chi connectivity index (χ1) is 14.5. The summed E-state index contributed by atoms with van der Waals surface area (Å²) in [6, 6.07) is 23.2. The number of nitrogens with two attached hydrogens (primary N) is 1. The molecule has 4 rings (SSSR count). The lowest BCUT2D eigenvalue weighted by atomic mass is 10.1. The predicted molar refractivity (Wildman–Crippen MR) is 115 cm³/mol. The zero-order valence-corrected chi connectivity index (χ0v) is 16.1. The predicted octanol–water partition coefficient (Wildman–Crippen LogP) is 5.40. The average Bonchev–Trinajstić information content (AvgIpc) is 2.75. The Hall–Kier alpha value is -4.26. The summed E-state index contributed by atoms with van der Waals surface area (Å²) in [5.74, 6) is 1.32. The van der Waals surface area contributed by atoms with Crippen molar-refractivity contribution in [2.45, 2.75) is 6.92 Å². The number of aryl methyl sites for hydroxylation is 1. The molecule has 0 saturated carbocycles. The fraction of sp³-hybridized carbons (Fsp3) is 0.0435. The van der Waals surface area contributed by atoms with Crippen molar-refractivity contribution in [2.75, 3.05) is 5.73 Å². The molecular weight excluding hydrogens is 380 g/mol. The molecule has 7 nitrogen and oxygen atoms in total. The van der Waals surface area contributed by atoms with Crippen LogP contribution in [0.15, 0.2) is 78.9 Å². The van der Waals surface area contributed by atoms with Gasteiger partial charge in [-0.3, -0.25) is 10.1 Å². The Labute approximate surface area is 173 Å². The van der Waals surface area contributed by atoms with Crippen molar-refractivity contribution in [3.63, 3.8) is 0 Å². The minimum absolute atomic E-state index is 0.0171. The average molecular weight is 398 g/mol. The van der Waals surface area contributed by atoms with E-state index in [4.69, 9.17) is 10.5 Å². The summed E-state index contributed by atoms with van der Waals surface area (Å²) < 4.78 is 5.75. The van der Waals surface area contributed by atoms with Gasteiger partial charge in [-0.15, -0.1) is 0 Å². The second-order valence-corrected chi connectivity index (χ2v) is 6.74. The van der Waals surface area contributed by atoms with E-state index >= 15 is 0 Å². The minimum atomic E-state index is -0.448. The number of nitro groups is 1. The Kier molecular flexibility index (Phi) is 5.09. The topological polar surface area (TPSA) is 104 Å². The molecule has 0 aliphatic heterocycles. The van der Waals surface area contributed by atoms with Crippen LogP contribution in [0.3, 0.4) is 0 Å². The Morgan fingerprint density at radius 3 is 1.77 bits per heavy atom. The normalized spacial score (nSPS) is 10.6. The Bertz CT molecular complexity index is 1190. The van der Waals surface area contributed by atoms with Gasteiger partial charge in [-0.2, -0.15) is 0 Å². The minimum Gasteiger partial charge on any atom is -0.457 e. The lowest BCUT2D eigenvalue weighted by molar-refractivity contribution is -0.384. The first-order valence-electron chi connectivity index (χ1n) is 9.22. The number of hydrogen-bond donors (Lipinski definition) is 1. The maximum absolute atomic E-state index is 10.7. The Balaban J connectivity index is 1.56. The van der Waals surface area contributed by atoms with Crippen LogP contribution in [0.5, 0.6) is 11.5 Å². The molecule has 0 unspecified atom stereocenters. The van der Waals surface area contributed by atoms with Gasteiger partial charge in [-0.1, -0.05) is 29.8 Å². The van der Waals surface area contributed by atoms with Gasteiger partial charge in [0.2, 0.25) is 5.95 Å². The molecule has 0 atom stereocenters. The third kappa shape index (κ3) is 4.25. The third-order valence-corrected chi connectivity index (χ3v) is 4.52. The van der Waals surface area contributed by atoms with Crippen LogP contribution >= 0.6 is 0 Å². The summed E-state index contributed by atoms with van der Waals surface area (Å²) >= 11 is 0. The molecule has 4 aromatic rings. The van der Waals surface area contributed by atoms with Crippen molar-refractivity contribution in [3.8, 4) is 34.0 Å². The van der Waals surface area contributed by atoms with E-state index in [0.717, 1.165) is 16.8 Å². The maximum Gasteiger partial charge on any atom is 0.269 e. The standard InChI is InChI=1S/C23H18N4O3/c1-15-2-4-16(5-3-15)21-14-22(26-23(24)25-21)17-6-10-19(11-7-17)30-20-12-8-18(9-13-20)27(28)29/h2-14H,1H3,(H2,24,25,26). The zero-order valence-electron chi connectivity index (χ0n) is 16.1. The molecule has 0 radical (unpaired) electrons. The van der Waals surface area contributed by atoms with E-state index in [1.807, 2.05) is 49.4 Å². The van der Waals surface area contributed by atoms with Crippen LogP contribution in [0.25, 0.3) is 22.5 Å². The largest absolute Gasteiger partial charge is 0.457 e. The third-order valence-electron chi connectivity index (χ3n) is 4.52.